The zero-order valence-corrected chi connectivity index (χ0v) is 12.7. The SMILES string of the molecule is CCCCC[C@](O)([C@@H](O)c1ccccc1)C(C)(C)C. The predicted molar refractivity (Wildman–Crippen MR) is 79.9 cm³/mol. The van der Waals surface area contributed by atoms with Crippen LogP contribution in [0.2, 0.25) is 0 Å². The molecule has 2 N–H and O–H groups in total. The molecule has 0 saturated carbocycles. The van der Waals surface area contributed by atoms with E-state index in [4.69, 9.17) is 0 Å². The Kier molecular flexibility index (Phi) is 5.57. The fourth-order valence-electron chi connectivity index (χ4n) is 2.48. The molecule has 0 amide bonds. The topological polar surface area (TPSA) is 40.5 Å². The molecule has 0 spiro atoms. The van der Waals surface area contributed by atoms with Crippen LogP contribution in [0, 0.1) is 5.41 Å². The summed E-state index contributed by atoms with van der Waals surface area (Å²) in [6, 6.07) is 9.47. The van der Waals surface area contributed by atoms with Crippen LogP contribution in [0.3, 0.4) is 0 Å². The van der Waals surface area contributed by atoms with Crippen molar-refractivity contribution in [2.45, 2.75) is 65.1 Å². The summed E-state index contributed by atoms with van der Waals surface area (Å²) >= 11 is 0. The van der Waals surface area contributed by atoms with Crippen LogP contribution in [-0.2, 0) is 0 Å². The molecule has 2 atom stereocenters. The smallest absolute Gasteiger partial charge is 0.108 e. The Labute approximate surface area is 117 Å². The van der Waals surface area contributed by atoms with Crippen LogP contribution in [0.5, 0.6) is 0 Å². The van der Waals surface area contributed by atoms with Gasteiger partial charge in [-0.25, -0.2) is 0 Å². The highest BCUT2D eigenvalue weighted by molar-refractivity contribution is 5.21. The predicted octanol–water partition coefficient (Wildman–Crippen LogP) is 4.08. The molecule has 108 valence electrons. The maximum atomic E-state index is 11.0. The number of hydrogen-bond acceptors (Lipinski definition) is 2. The molecule has 0 aliphatic heterocycles. The van der Waals surface area contributed by atoms with Gasteiger partial charge in [0, 0.05) is 0 Å². The van der Waals surface area contributed by atoms with E-state index in [0.29, 0.717) is 6.42 Å². The van der Waals surface area contributed by atoms with E-state index >= 15 is 0 Å². The van der Waals surface area contributed by atoms with Gasteiger partial charge in [-0.05, 0) is 17.4 Å². The van der Waals surface area contributed by atoms with Crippen molar-refractivity contribution in [3.63, 3.8) is 0 Å². The van der Waals surface area contributed by atoms with Gasteiger partial charge in [0.25, 0.3) is 0 Å². The third kappa shape index (κ3) is 3.80. The molecule has 0 aliphatic carbocycles. The van der Waals surface area contributed by atoms with E-state index in [9.17, 15) is 10.2 Å². The Hall–Kier alpha value is -0.860. The summed E-state index contributed by atoms with van der Waals surface area (Å²) in [5.74, 6) is 0. The second-order valence-electron chi connectivity index (χ2n) is 6.44. The van der Waals surface area contributed by atoms with Crippen LogP contribution < -0.4 is 0 Å². The fraction of sp³-hybridized carbons (Fsp3) is 0.647. The summed E-state index contributed by atoms with van der Waals surface area (Å²) in [5.41, 5.74) is -0.670. The van der Waals surface area contributed by atoms with Crippen LogP contribution in [-0.4, -0.2) is 15.8 Å². The standard InChI is InChI=1S/C17H28O2/c1-5-6-10-13-17(19,16(2,3)4)15(18)14-11-8-7-9-12-14/h7-9,11-12,15,18-19H,5-6,10,13H2,1-4H3/t15-,17-/m0/s1. The van der Waals surface area contributed by atoms with Crippen LogP contribution in [0.4, 0.5) is 0 Å². The van der Waals surface area contributed by atoms with E-state index in [-0.39, 0.29) is 5.41 Å². The van der Waals surface area contributed by atoms with Gasteiger partial charge < -0.3 is 10.2 Å². The number of rotatable bonds is 6. The van der Waals surface area contributed by atoms with Gasteiger partial charge in [-0.1, -0.05) is 77.3 Å². The number of benzene rings is 1. The highest BCUT2D eigenvalue weighted by atomic mass is 16.3. The van der Waals surface area contributed by atoms with Gasteiger partial charge in [0.1, 0.15) is 6.10 Å². The molecule has 0 heterocycles. The summed E-state index contributed by atoms with van der Waals surface area (Å²) in [4.78, 5) is 0. The first-order chi connectivity index (χ1) is 8.83. The molecule has 0 aliphatic rings. The summed E-state index contributed by atoms with van der Waals surface area (Å²) in [7, 11) is 0. The second kappa shape index (κ2) is 6.53. The number of hydrogen-bond donors (Lipinski definition) is 2. The monoisotopic (exact) mass is 264 g/mol. The Balaban J connectivity index is 2.97. The van der Waals surface area contributed by atoms with Crippen molar-refractivity contribution >= 4 is 0 Å². The van der Waals surface area contributed by atoms with Crippen molar-refractivity contribution in [3.8, 4) is 0 Å². The van der Waals surface area contributed by atoms with Gasteiger partial charge in [0.05, 0.1) is 5.60 Å². The van der Waals surface area contributed by atoms with Gasteiger partial charge in [0.2, 0.25) is 0 Å². The number of aliphatic hydroxyl groups excluding tert-OH is 1. The highest BCUT2D eigenvalue weighted by Gasteiger charge is 2.46. The lowest BCUT2D eigenvalue weighted by Gasteiger charge is -2.44. The lowest BCUT2D eigenvalue weighted by atomic mass is 9.68. The molecule has 2 nitrogen and oxygen atoms in total. The third-order valence-corrected chi connectivity index (χ3v) is 4.03. The van der Waals surface area contributed by atoms with Crippen molar-refractivity contribution in [2.24, 2.45) is 5.41 Å². The first-order valence-electron chi connectivity index (χ1n) is 7.28. The molecule has 0 fully saturated rings. The fourth-order valence-corrected chi connectivity index (χ4v) is 2.48. The van der Waals surface area contributed by atoms with Crippen molar-refractivity contribution in [3.05, 3.63) is 35.9 Å². The molecule has 0 unspecified atom stereocenters. The maximum Gasteiger partial charge on any atom is 0.108 e. The molecule has 19 heavy (non-hydrogen) atoms. The molecule has 0 aromatic heterocycles. The molecule has 1 rings (SSSR count). The van der Waals surface area contributed by atoms with Crippen molar-refractivity contribution in [1.82, 2.24) is 0 Å². The Bertz CT molecular complexity index is 367. The van der Waals surface area contributed by atoms with E-state index in [0.717, 1.165) is 24.8 Å². The van der Waals surface area contributed by atoms with Gasteiger partial charge in [-0.2, -0.15) is 0 Å². The molecular formula is C17H28O2. The molecule has 0 radical (unpaired) electrons. The second-order valence-corrected chi connectivity index (χ2v) is 6.44. The summed E-state index contributed by atoms with van der Waals surface area (Å²) in [5, 5.41) is 21.7. The number of unbranched alkanes of at least 4 members (excludes halogenated alkanes) is 2. The molecule has 0 bridgehead atoms. The van der Waals surface area contributed by atoms with Crippen molar-refractivity contribution in [2.75, 3.05) is 0 Å². The van der Waals surface area contributed by atoms with E-state index in [1.165, 1.54) is 0 Å². The quantitative estimate of drug-likeness (QED) is 0.760. The Morgan fingerprint density at radius 2 is 1.63 bits per heavy atom. The third-order valence-electron chi connectivity index (χ3n) is 4.03. The van der Waals surface area contributed by atoms with Gasteiger partial charge in [-0.3, -0.25) is 0 Å². The lowest BCUT2D eigenvalue weighted by molar-refractivity contribution is -0.150. The van der Waals surface area contributed by atoms with Gasteiger partial charge in [-0.15, -0.1) is 0 Å². The zero-order valence-electron chi connectivity index (χ0n) is 12.7. The highest BCUT2D eigenvalue weighted by Crippen LogP contribution is 2.43. The van der Waals surface area contributed by atoms with Crippen molar-refractivity contribution in [1.29, 1.82) is 0 Å². The molecule has 1 aromatic rings. The van der Waals surface area contributed by atoms with Gasteiger partial charge in [0.15, 0.2) is 0 Å². The molecular weight excluding hydrogens is 236 g/mol. The minimum Gasteiger partial charge on any atom is -0.386 e. The van der Waals surface area contributed by atoms with E-state index in [1.54, 1.807) is 0 Å². The van der Waals surface area contributed by atoms with Crippen LogP contribution in [0.1, 0.15) is 65.0 Å². The van der Waals surface area contributed by atoms with Crippen LogP contribution in [0.25, 0.3) is 0 Å². The van der Waals surface area contributed by atoms with Gasteiger partial charge >= 0.3 is 0 Å². The minimum absolute atomic E-state index is 0.365. The summed E-state index contributed by atoms with van der Waals surface area (Å²) in [6.07, 6.45) is 2.92. The largest absolute Gasteiger partial charge is 0.386 e. The molecule has 1 aromatic carbocycles. The average molecular weight is 264 g/mol. The van der Waals surface area contributed by atoms with Crippen molar-refractivity contribution < 1.29 is 10.2 Å². The minimum atomic E-state index is -1.09. The number of aliphatic hydroxyl groups is 2. The summed E-state index contributed by atoms with van der Waals surface area (Å²) in [6.45, 7) is 8.12. The normalized spacial score (nSPS) is 16.9. The van der Waals surface area contributed by atoms with E-state index in [1.807, 2.05) is 51.1 Å². The van der Waals surface area contributed by atoms with E-state index < -0.39 is 11.7 Å². The average Bonchev–Trinajstić information content (AvgIpc) is 2.37. The Morgan fingerprint density at radius 1 is 1.05 bits per heavy atom. The lowest BCUT2D eigenvalue weighted by Crippen LogP contribution is -2.48. The first-order valence-corrected chi connectivity index (χ1v) is 7.28. The Morgan fingerprint density at radius 3 is 2.11 bits per heavy atom. The van der Waals surface area contributed by atoms with Crippen LogP contribution in [0.15, 0.2) is 30.3 Å². The summed E-state index contributed by atoms with van der Waals surface area (Å²) < 4.78 is 0. The molecule has 2 heteroatoms. The maximum absolute atomic E-state index is 11.0. The van der Waals surface area contributed by atoms with Crippen LogP contribution >= 0.6 is 0 Å². The first kappa shape index (κ1) is 16.2. The van der Waals surface area contributed by atoms with E-state index in [2.05, 4.69) is 6.92 Å². The zero-order chi connectivity index (χ0) is 14.5. The molecule has 0 saturated heterocycles.